The van der Waals surface area contributed by atoms with Crippen LogP contribution in [0.3, 0.4) is 0 Å². The highest BCUT2D eigenvalue weighted by molar-refractivity contribution is 7.61. The lowest BCUT2D eigenvalue weighted by Crippen LogP contribution is -2.07. The SMILES string of the molecule is C=C(C)C(=O)OCCCCCOP(=O)(OCCCCCOC(=O)C(=C)C)OP(=O)(O)O. The fraction of sp³-hybridized carbons (Fsp3) is 0.667. The maximum Gasteiger partial charge on any atom is 0.483 e. The van der Waals surface area contributed by atoms with Crippen LogP contribution in [0.4, 0.5) is 0 Å². The van der Waals surface area contributed by atoms with Gasteiger partial charge in [0.15, 0.2) is 0 Å². The van der Waals surface area contributed by atoms with Gasteiger partial charge in [-0.25, -0.2) is 18.7 Å². The van der Waals surface area contributed by atoms with E-state index in [9.17, 15) is 18.7 Å². The van der Waals surface area contributed by atoms with Gasteiger partial charge in [0.25, 0.3) is 0 Å². The van der Waals surface area contributed by atoms with E-state index in [2.05, 4.69) is 17.5 Å². The van der Waals surface area contributed by atoms with Gasteiger partial charge in [-0.1, -0.05) is 13.2 Å². The molecule has 0 aromatic carbocycles. The zero-order valence-corrected chi connectivity index (χ0v) is 19.7. The van der Waals surface area contributed by atoms with Crippen molar-refractivity contribution in [3.05, 3.63) is 24.3 Å². The molecule has 0 heterocycles. The monoisotopic (exact) mass is 486 g/mol. The van der Waals surface area contributed by atoms with Crippen molar-refractivity contribution in [3.8, 4) is 0 Å². The first-order valence-corrected chi connectivity index (χ1v) is 12.7. The number of rotatable bonds is 18. The van der Waals surface area contributed by atoms with Crippen molar-refractivity contribution in [1.82, 2.24) is 0 Å². The van der Waals surface area contributed by atoms with E-state index >= 15 is 0 Å². The summed E-state index contributed by atoms with van der Waals surface area (Å²) in [7, 11) is -9.57. The molecular weight excluding hydrogens is 454 g/mol. The van der Waals surface area contributed by atoms with Crippen molar-refractivity contribution >= 4 is 27.6 Å². The molecule has 0 atom stereocenters. The lowest BCUT2D eigenvalue weighted by atomic mass is 10.2. The number of carbonyl (C=O) groups is 2. The van der Waals surface area contributed by atoms with E-state index in [1.165, 1.54) is 13.8 Å². The van der Waals surface area contributed by atoms with Crippen LogP contribution in [-0.2, 0) is 41.6 Å². The van der Waals surface area contributed by atoms with Crippen LogP contribution < -0.4 is 0 Å². The highest BCUT2D eigenvalue weighted by Gasteiger charge is 2.35. The van der Waals surface area contributed by atoms with E-state index < -0.39 is 27.6 Å². The lowest BCUT2D eigenvalue weighted by molar-refractivity contribution is -0.139. The van der Waals surface area contributed by atoms with Gasteiger partial charge < -0.3 is 19.3 Å². The molecule has 0 aliphatic rings. The smallest absolute Gasteiger partial charge is 0.462 e. The number of ether oxygens (including phenoxy) is 2. The Morgan fingerprint density at radius 1 is 0.710 bits per heavy atom. The van der Waals surface area contributed by atoms with Crippen LogP contribution in [0.5, 0.6) is 0 Å². The highest BCUT2D eigenvalue weighted by Crippen LogP contribution is 2.61. The van der Waals surface area contributed by atoms with Crippen molar-refractivity contribution in [3.63, 3.8) is 0 Å². The van der Waals surface area contributed by atoms with Gasteiger partial charge in [-0.3, -0.25) is 9.05 Å². The van der Waals surface area contributed by atoms with Gasteiger partial charge in [0.05, 0.1) is 26.4 Å². The van der Waals surface area contributed by atoms with Crippen LogP contribution in [0.15, 0.2) is 24.3 Å². The summed E-state index contributed by atoms with van der Waals surface area (Å²) in [6.45, 7) is 10.1. The third-order valence-electron chi connectivity index (χ3n) is 3.45. The molecule has 0 aliphatic carbocycles. The first-order chi connectivity index (χ1) is 14.4. The minimum Gasteiger partial charge on any atom is -0.462 e. The number of hydrogen-bond donors (Lipinski definition) is 2. The van der Waals surface area contributed by atoms with Gasteiger partial charge in [-0.05, 0) is 52.4 Å². The molecule has 180 valence electrons. The Hall–Kier alpha value is -1.32. The summed E-state index contributed by atoms with van der Waals surface area (Å²) >= 11 is 0. The van der Waals surface area contributed by atoms with Gasteiger partial charge in [0.1, 0.15) is 0 Å². The van der Waals surface area contributed by atoms with E-state index in [0.29, 0.717) is 49.7 Å². The first-order valence-electron chi connectivity index (χ1n) is 9.67. The van der Waals surface area contributed by atoms with Crippen molar-refractivity contribution in [2.24, 2.45) is 0 Å². The topological polar surface area (TPSA) is 155 Å². The zero-order valence-electron chi connectivity index (χ0n) is 17.9. The molecule has 11 nitrogen and oxygen atoms in total. The summed E-state index contributed by atoms with van der Waals surface area (Å²) < 4.78 is 47.5. The molecule has 31 heavy (non-hydrogen) atoms. The van der Waals surface area contributed by atoms with Gasteiger partial charge in [0.2, 0.25) is 0 Å². The number of phosphoric acid groups is 2. The molecule has 2 N–H and O–H groups in total. The normalized spacial score (nSPS) is 11.7. The second-order valence-corrected chi connectivity index (χ2v) is 9.68. The Kier molecular flexibility index (Phi) is 14.8. The number of carbonyl (C=O) groups excluding carboxylic acids is 2. The maximum atomic E-state index is 12.4. The summed E-state index contributed by atoms with van der Waals surface area (Å²) in [6, 6.07) is 0. The Bertz CT molecular complexity index is 655. The van der Waals surface area contributed by atoms with Crippen LogP contribution in [-0.4, -0.2) is 48.2 Å². The molecule has 0 bridgehead atoms. The molecule has 0 aliphatic heterocycles. The van der Waals surface area contributed by atoms with E-state index in [4.69, 9.17) is 28.3 Å². The molecule has 0 saturated carbocycles. The summed E-state index contributed by atoms with van der Waals surface area (Å²) in [5.74, 6) is -0.976. The molecule has 0 aromatic heterocycles. The number of unbranched alkanes of at least 4 members (excludes halogenated alkanes) is 4. The van der Waals surface area contributed by atoms with Crippen LogP contribution in [0, 0.1) is 0 Å². The average Bonchev–Trinajstić information content (AvgIpc) is 2.64. The van der Waals surface area contributed by atoms with Gasteiger partial charge in [-0.2, -0.15) is 4.31 Å². The standard InChI is InChI=1S/C18H32O11P2/c1-15(2)17(19)25-11-7-5-9-13-27-31(24,29-30(21,22)23)28-14-10-6-8-12-26-18(20)16(3)4/h1,3,5-14H2,2,4H3,(H2,21,22,23). The number of hydrogen-bond acceptors (Lipinski definition) is 9. The third-order valence-corrected chi connectivity index (χ3v) is 6.09. The fourth-order valence-electron chi connectivity index (χ4n) is 1.91. The zero-order chi connectivity index (χ0) is 23.9. The van der Waals surface area contributed by atoms with Crippen LogP contribution in [0.1, 0.15) is 52.4 Å². The van der Waals surface area contributed by atoms with Crippen molar-refractivity contribution in [2.75, 3.05) is 26.4 Å². The summed E-state index contributed by atoms with van der Waals surface area (Å²) in [5, 5.41) is 0. The van der Waals surface area contributed by atoms with Crippen molar-refractivity contribution < 1.29 is 51.3 Å². The second-order valence-electron chi connectivity index (χ2n) is 6.64. The average molecular weight is 486 g/mol. The summed E-state index contributed by atoms with van der Waals surface area (Å²) in [6.07, 6.45) is 2.86. The molecule has 0 fully saturated rings. The van der Waals surface area contributed by atoms with E-state index in [-0.39, 0.29) is 26.4 Å². The Morgan fingerprint density at radius 3 is 1.39 bits per heavy atom. The quantitative estimate of drug-likeness (QED) is 0.126. The largest absolute Gasteiger partial charge is 0.483 e. The predicted molar refractivity (Wildman–Crippen MR) is 112 cm³/mol. The van der Waals surface area contributed by atoms with Gasteiger partial charge in [-0.15, -0.1) is 0 Å². The molecule has 0 unspecified atom stereocenters. The van der Waals surface area contributed by atoms with Gasteiger partial charge in [0, 0.05) is 11.1 Å². The van der Waals surface area contributed by atoms with Crippen LogP contribution in [0.25, 0.3) is 0 Å². The number of phosphoric ester groups is 1. The summed E-state index contributed by atoms with van der Waals surface area (Å²) in [4.78, 5) is 40.3. The lowest BCUT2D eigenvalue weighted by Gasteiger charge is -2.18. The van der Waals surface area contributed by atoms with Crippen LogP contribution in [0.2, 0.25) is 0 Å². The third kappa shape index (κ3) is 17.0. The first kappa shape index (κ1) is 29.7. The van der Waals surface area contributed by atoms with E-state index in [1.54, 1.807) is 0 Å². The number of esters is 2. The second kappa shape index (κ2) is 15.5. The fourth-order valence-corrected chi connectivity index (χ4v) is 4.10. The van der Waals surface area contributed by atoms with Gasteiger partial charge >= 0.3 is 27.6 Å². The van der Waals surface area contributed by atoms with E-state index in [1.807, 2.05) is 0 Å². The minimum atomic E-state index is -5.11. The van der Waals surface area contributed by atoms with Crippen molar-refractivity contribution in [1.29, 1.82) is 0 Å². The highest BCUT2D eigenvalue weighted by atomic mass is 31.3. The molecule has 0 rings (SSSR count). The van der Waals surface area contributed by atoms with Crippen LogP contribution >= 0.6 is 15.6 Å². The Morgan fingerprint density at radius 2 is 1.06 bits per heavy atom. The Labute approximate surface area is 182 Å². The molecule has 0 saturated heterocycles. The summed E-state index contributed by atoms with van der Waals surface area (Å²) in [5.41, 5.74) is 0.591. The maximum absolute atomic E-state index is 12.4. The molecule has 0 radical (unpaired) electrons. The van der Waals surface area contributed by atoms with Crippen molar-refractivity contribution in [2.45, 2.75) is 52.4 Å². The molecule has 0 aromatic rings. The predicted octanol–water partition coefficient (Wildman–Crippen LogP) is 3.82. The molecular formula is C18H32O11P2. The molecule has 0 spiro atoms. The van der Waals surface area contributed by atoms with E-state index in [0.717, 1.165) is 0 Å². The Balaban J connectivity index is 4.18. The minimum absolute atomic E-state index is 0.136. The molecule has 0 amide bonds. The molecule has 13 heteroatoms.